The third-order valence-corrected chi connectivity index (χ3v) is 11.7. The summed E-state index contributed by atoms with van der Waals surface area (Å²) >= 11 is 0. The monoisotopic (exact) mass is 642 g/mol. The summed E-state index contributed by atoms with van der Waals surface area (Å²) < 4.78 is 2.54. The fourth-order valence-corrected chi connectivity index (χ4v) is 9.66. The van der Waals surface area contributed by atoms with Crippen molar-refractivity contribution in [2.45, 2.75) is 37.5 Å². The molecule has 0 fully saturated rings. The minimum absolute atomic E-state index is 0.325. The van der Waals surface area contributed by atoms with E-state index in [0.29, 0.717) is 11.8 Å². The molecule has 3 atom stereocenters. The number of benzene rings is 7. The summed E-state index contributed by atoms with van der Waals surface area (Å²) in [5.74, 6) is 0.708. The minimum atomic E-state index is -0.542. The van der Waals surface area contributed by atoms with Gasteiger partial charge in [0.2, 0.25) is 0 Å². The molecule has 1 aliphatic heterocycles. The van der Waals surface area contributed by atoms with Crippen molar-refractivity contribution in [1.29, 1.82) is 0 Å². The first kappa shape index (κ1) is 29.1. The average molecular weight is 643 g/mol. The molecular weight excluding hydrogens is 605 g/mol. The summed E-state index contributed by atoms with van der Waals surface area (Å²) in [7, 11) is 0. The van der Waals surface area contributed by atoms with E-state index in [9.17, 15) is 0 Å². The van der Waals surface area contributed by atoms with E-state index < -0.39 is 5.41 Å². The Morgan fingerprint density at radius 2 is 1.14 bits per heavy atom. The Hall–Kier alpha value is -5.86. The van der Waals surface area contributed by atoms with Crippen molar-refractivity contribution in [3.8, 4) is 5.69 Å². The second-order valence-corrected chi connectivity index (χ2v) is 14.0. The van der Waals surface area contributed by atoms with Crippen molar-refractivity contribution in [2.75, 3.05) is 4.90 Å². The Balaban J connectivity index is 1.40. The van der Waals surface area contributed by atoms with E-state index in [0.717, 1.165) is 23.5 Å². The van der Waals surface area contributed by atoms with Crippen LogP contribution in [0, 0.1) is 0 Å². The van der Waals surface area contributed by atoms with Crippen molar-refractivity contribution >= 4 is 38.9 Å². The normalized spacial score (nSPS) is 18.8. The molecule has 2 aliphatic rings. The van der Waals surface area contributed by atoms with Crippen LogP contribution in [0.25, 0.3) is 27.5 Å². The Morgan fingerprint density at radius 3 is 1.90 bits per heavy atom. The molecule has 1 aliphatic carbocycles. The van der Waals surface area contributed by atoms with E-state index in [1.54, 1.807) is 0 Å². The van der Waals surface area contributed by atoms with Crippen LogP contribution in [-0.2, 0) is 5.41 Å². The van der Waals surface area contributed by atoms with Crippen LogP contribution in [0.1, 0.15) is 65.5 Å². The molecule has 0 radical (unpaired) electrons. The topological polar surface area (TPSA) is 8.17 Å². The van der Waals surface area contributed by atoms with Crippen molar-refractivity contribution in [3.05, 3.63) is 203 Å². The molecule has 0 amide bonds. The van der Waals surface area contributed by atoms with Crippen LogP contribution in [-0.4, -0.2) is 4.57 Å². The first-order valence-corrected chi connectivity index (χ1v) is 18.0. The molecular formula is C48H38N2. The van der Waals surface area contributed by atoms with Crippen molar-refractivity contribution in [2.24, 2.45) is 0 Å². The third-order valence-electron chi connectivity index (χ3n) is 11.7. The van der Waals surface area contributed by atoms with E-state index >= 15 is 0 Å². The smallest absolute Gasteiger partial charge is 0.0748 e. The van der Waals surface area contributed by atoms with Crippen LogP contribution < -0.4 is 4.90 Å². The highest BCUT2D eigenvalue weighted by molar-refractivity contribution is 6.12. The molecule has 8 aromatic rings. The maximum Gasteiger partial charge on any atom is 0.0748 e. The molecule has 0 N–H and O–H groups in total. The third kappa shape index (κ3) is 3.85. The van der Waals surface area contributed by atoms with Gasteiger partial charge in [0.05, 0.1) is 22.1 Å². The number of anilines is 3. The first-order chi connectivity index (χ1) is 24.7. The zero-order chi connectivity index (χ0) is 33.4. The Labute approximate surface area is 293 Å². The van der Waals surface area contributed by atoms with Gasteiger partial charge in [-0.2, -0.15) is 0 Å². The van der Waals surface area contributed by atoms with Crippen LogP contribution >= 0.6 is 0 Å². The zero-order valence-electron chi connectivity index (χ0n) is 28.4. The van der Waals surface area contributed by atoms with Crippen molar-refractivity contribution in [1.82, 2.24) is 4.57 Å². The fourth-order valence-electron chi connectivity index (χ4n) is 9.66. The molecule has 3 unspecified atom stereocenters. The van der Waals surface area contributed by atoms with Gasteiger partial charge < -0.3 is 9.47 Å². The SMILES string of the molecule is CCC1c2ccccc2C2(c3cc(N(c4ccccc4)c4ccccc4)ccc3C1C)c1ccccc1-n1c3ccccc3c3cccc2c31. The quantitative estimate of drug-likeness (QED) is 0.185. The molecule has 0 bridgehead atoms. The molecule has 2 nitrogen and oxygen atoms in total. The minimum Gasteiger partial charge on any atom is -0.310 e. The van der Waals surface area contributed by atoms with Crippen LogP contribution in [0.2, 0.25) is 0 Å². The van der Waals surface area contributed by atoms with Gasteiger partial charge in [-0.25, -0.2) is 0 Å². The predicted molar refractivity (Wildman–Crippen MR) is 209 cm³/mol. The van der Waals surface area contributed by atoms with Gasteiger partial charge in [0.1, 0.15) is 0 Å². The number of rotatable bonds is 4. The molecule has 2 heteroatoms. The lowest BCUT2D eigenvalue weighted by Crippen LogP contribution is -2.36. The highest BCUT2D eigenvalue weighted by atomic mass is 15.1. The molecule has 1 spiro atoms. The summed E-state index contributed by atoms with van der Waals surface area (Å²) in [5, 5.41) is 2.60. The summed E-state index contributed by atoms with van der Waals surface area (Å²) in [6.45, 7) is 4.82. The molecule has 240 valence electrons. The molecule has 7 aromatic carbocycles. The van der Waals surface area contributed by atoms with E-state index in [1.165, 1.54) is 60.9 Å². The molecule has 0 saturated carbocycles. The van der Waals surface area contributed by atoms with Gasteiger partial charge in [-0.15, -0.1) is 0 Å². The van der Waals surface area contributed by atoms with Gasteiger partial charge in [0.25, 0.3) is 0 Å². The second kappa shape index (κ2) is 11.1. The lowest BCUT2D eigenvalue weighted by molar-refractivity contribution is 0.561. The largest absolute Gasteiger partial charge is 0.310 e. The fraction of sp³-hybridized carbons (Fsp3) is 0.125. The summed E-state index contributed by atoms with van der Waals surface area (Å²) in [5.41, 5.74) is 15.1. The van der Waals surface area contributed by atoms with Crippen molar-refractivity contribution in [3.63, 3.8) is 0 Å². The highest BCUT2D eigenvalue weighted by Gasteiger charge is 2.50. The lowest BCUT2D eigenvalue weighted by Gasteiger charge is -2.43. The van der Waals surface area contributed by atoms with Crippen LogP contribution in [0.4, 0.5) is 17.1 Å². The van der Waals surface area contributed by atoms with Crippen LogP contribution in [0.3, 0.4) is 0 Å². The maximum absolute atomic E-state index is 2.54. The number of aromatic nitrogens is 1. The summed E-state index contributed by atoms with van der Waals surface area (Å²) in [6, 6.07) is 63.5. The van der Waals surface area contributed by atoms with Gasteiger partial charge in [0, 0.05) is 27.8 Å². The molecule has 2 heterocycles. The van der Waals surface area contributed by atoms with Gasteiger partial charge in [-0.3, -0.25) is 0 Å². The molecule has 50 heavy (non-hydrogen) atoms. The Kier molecular flexibility index (Phi) is 6.45. The van der Waals surface area contributed by atoms with E-state index in [1.807, 2.05) is 0 Å². The Bertz CT molecular complexity index is 2520. The molecule has 0 saturated heterocycles. The predicted octanol–water partition coefficient (Wildman–Crippen LogP) is 12.6. The number of hydrogen-bond donors (Lipinski definition) is 0. The van der Waals surface area contributed by atoms with Crippen molar-refractivity contribution < 1.29 is 0 Å². The zero-order valence-corrected chi connectivity index (χ0v) is 28.4. The standard InChI is InChI=1S/C48H38N2/c1-3-36-32(2)37-30-29-35(49(33-17-6-4-7-18-33)34-19-8-5-9-20-34)31-44(37)48(41-24-12-10-21-38(36)41)42-25-13-15-28-46(42)50-45-27-14-11-22-39(45)40-23-16-26-43(48)47(40)50/h4-32,36H,3H2,1-2H3. The number of hydrogen-bond acceptors (Lipinski definition) is 1. The van der Waals surface area contributed by atoms with E-state index in [4.69, 9.17) is 0 Å². The second-order valence-electron chi connectivity index (χ2n) is 14.0. The summed E-state index contributed by atoms with van der Waals surface area (Å²) in [6.07, 6.45) is 1.07. The van der Waals surface area contributed by atoms with Gasteiger partial charge in [-0.1, -0.05) is 135 Å². The molecule has 10 rings (SSSR count). The highest BCUT2D eigenvalue weighted by Crippen LogP contribution is 2.60. The van der Waals surface area contributed by atoms with Crippen LogP contribution in [0.15, 0.2) is 170 Å². The Morgan fingerprint density at radius 1 is 0.520 bits per heavy atom. The van der Waals surface area contributed by atoms with E-state index in [-0.39, 0.29) is 0 Å². The summed E-state index contributed by atoms with van der Waals surface area (Å²) in [4.78, 5) is 2.42. The first-order valence-electron chi connectivity index (χ1n) is 18.0. The number of para-hydroxylation sites is 5. The van der Waals surface area contributed by atoms with Gasteiger partial charge in [-0.05, 0) is 100 Å². The van der Waals surface area contributed by atoms with Gasteiger partial charge >= 0.3 is 0 Å². The maximum atomic E-state index is 2.54. The average Bonchev–Trinajstić information content (AvgIpc) is 3.48. The number of fused-ring (bicyclic) bond motifs is 11. The molecule has 1 aromatic heterocycles. The van der Waals surface area contributed by atoms with Gasteiger partial charge in [0.15, 0.2) is 0 Å². The lowest BCUT2D eigenvalue weighted by atomic mass is 9.61. The number of nitrogens with zero attached hydrogens (tertiary/aromatic N) is 2. The van der Waals surface area contributed by atoms with E-state index in [2.05, 4.69) is 193 Å². The van der Waals surface area contributed by atoms with Crippen LogP contribution in [0.5, 0.6) is 0 Å².